The highest BCUT2D eigenvalue weighted by Gasteiger charge is 2.35. The highest BCUT2D eigenvalue weighted by Crippen LogP contribution is 2.31. The van der Waals surface area contributed by atoms with Crippen LogP contribution in [0.15, 0.2) is 24.3 Å². The minimum atomic E-state index is -0.822. The molecule has 2 rings (SSSR count). The number of nitrogens with zero attached hydrogens (tertiary/aromatic N) is 1. The van der Waals surface area contributed by atoms with Crippen LogP contribution in [0.5, 0.6) is 0 Å². The molecule has 1 unspecified atom stereocenters. The monoisotopic (exact) mass is 276 g/mol. The molecule has 1 fully saturated rings. The molecule has 0 spiro atoms. The van der Waals surface area contributed by atoms with Crippen LogP contribution in [0, 0.1) is 0 Å². The molecule has 0 heterocycles. The van der Waals surface area contributed by atoms with Crippen molar-refractivity contribution >= 4 is 17.6 Å². The first-order chi connectivity index (χ1) is 9.49. The van der Waals surface area contributed by atoms with E-state index in [2.05, 4.69) is 10.2 Å². The molecule has 1 saturated carbocycles. The normalized spacial score (nSPS) is 15.9. The van der Waals surface area contributed by atoms with Crippen LogP contribution in [-0.2, 0) is 11.3 Å². The van der Waals surface area contributed by atoms with E-state index < -0.39 is 12.1 Å². The minimum absolute atomic E-state index is 0.364. The fourth-order valence-electron chi connectivity index (χ4n) is 2.24. The van der Waals surface area contributed by atoms with Crippen molar-refractivity contribution in [1.29, 1.82) is 0 Å². The lowest BCUT2D eigenvalue weighted by atomic mass is 10.1. The van der Waals surface area contributed by atoms with E-state index in [-0.39, 0.29) is 5.91 Å². The molecule has 1 atom stereocenters. The molecule has 6 nitrogen and oxygen atoms in total. The third-order valence-electron chi connectivity index (χ3n) is 3.55. The summed E-state index contributed by atoms with van der Waals surface area (Å²) in [5.74, 6) is -0.376. The predicted molar refractivity (Wildman–Crippen MR) is 76.6 cm³/mol. The number of urea groups is 1. The highest BCUT2D eigenvalue weighted by molar-refractivity contribution is 5.96. The lowest BCUT2D eigenvalue weighted by Crippen LogP contribution is -2.49. The van der Waals surface area contributed by atoms with Crippen molar-refractivity contribution < 1.29 is 9.59 Å². The van der Waals surface area contributed by atoms with Gasteiger partial charge >= 0.3 is 6.03 Å². The van der Waals surface area contributed by atoms with Gasteiger partial charge in [-0.05, 0) is 31.4 Å². The number of para-hydroxylation sites is 1. The third kappa shape index (κ3) is 3.48. The molecule has 0 bridgehead atoms. The summed E-state index contributed by atoms with van der Waals surface area (Å²) in [6.07, 6.45) is 2.11. The number of benzene rings is 1. The summed E-state index contributed by atoms with van der Waals surface area (Å²) >= 11 is 0. The zero-order valence-corrected chi connectivity index (χ0v) is 11.5. The average molecular weight is 276 g/mol. The van der Waals surface area contributed by atoms with Crippen LogP contribution in [0.2, 0.25) is 0 Å². The van der Waals surface area contributed by atoms with Crippen molar-refractivity contribution in [3.8, 4) is 0 Å². The van der Waals surface area contributed by atoms with Crippen molar-refractivity contribution in [3.63, 3.8) is 0 Å². The fourth-order valence-corrected chi connectivity index (χ4v) is 2.24. The molecule has 0 radical (unpaired) electrons. The maximum atomic E-state index is 11.9. The Bertz CT molecular complexity index is 514. The largest absolute Gasteiger partial charge is 0.398 e. The zero-order valence-electron chi connectivity index (χ0n) is 11.5. The Labute approximate surface area is 118 Å². The summed E-state index contributed by atoms with van der Waals surface area (Å²) in [6.45, 7) is 2.36. The van der Waals surface area contributed by atoms with Crippen LogP contribution in [0.25, 0.3) is 0 Å². The van der Waals surface area contributed by atoms with Crippen LogP contribution in [-0.4, -0.2) is 28.9 Å². The standard InChI is InChI=1S/C14H20N4O2/c1-9(13(19)17-14(16)20)18(11-6-7-11)8-10-4-2-3-5-12(10)15/h2-5,9,11H,6-8,15H2,1H3,(H3,16,17,19,20). The molecule has 20 heavy (non-hydrogen) atoms. The molecule has 3 amide bonds. The maximum Gasteiger partial charge on any atom is 0.318 e. The number of amides is 3. The Morgan fingerprint density at radius 2 is 2.05 bits per heavy atom. The number of nitrogens with two attached hydrogens (primary N) is 2. The number of imide groups is 1. The lowest BCUT2D eigenvalue weighted by Gasteiger charge is -2.28. The van der Waals surface area contributed by atoms with Crippen molar-refractivity contribution in [2.24, 2.45) is 5.73 Å². The summed E-state index contributed by atoms with van der Waals surface area (Å²) in [5, 5.41) is 2.13. The number of hydrogen-bond donors (Lipinski definition) is 3. The van der Waals surface area contributed by atoms with Gasteiger partial charge in [-0.1, -0.05) is 18.2 Å². The van der Waals surface area contributed by atoms with Gasteiger partial charge in [-0.2, -0.15) is 0 Å². The Hall–Kier alpha value is -2.08. The van der Waals surface area contributed by atoms with E-state index in [1.807, 2.05) is 24.3 Å². The van der Waals surface area contributed by atoms with Gasteiger partial charge in [0.2, 0.25) is 5.91 Å². The van der Waals surface area contributed by atoms with Gasteiger partial charge in [-0.25, -0.2) is 4.79 Å². The van der Waals surface area contributed by atoms with Gasteiger partial charge < -0.3 is 11.5 Å². The molecule has 1 aliphatic rings. The average Bonchev–Trinajstić information content (AvgIpc) is 3.20. The maximum absolute atomic E-state index is 11.9. The van der Waals surface area contributed by atoms with Crippen molar-refractivity contribution in [2.45, 2.75) is 38.4 Å². The van der Waals surface area contributed by atoms with E-state index in [9.17, 15) is 9.59 Å². The minimum Gasteiger partial charge on any atom is -0.398 e. The molecule has 0 saturated heterocycles. The quantitative estimate of drug-likeness (QED) is 0.693. The second-order valence-electron chi connectivity index (χ2n) is 5.13. The molecule has 108 valence electrons. The number of nitrogen functional groups attached to an aromatic ring is 1. The Balaban J connectivity index is 2.09. The Morgan fingerprint density at radius 3 is 2.60 bits per heavy atom. The number of carbonyl (C=O) groups excluding carboxylic acids is 2. The van der Waals surface area contributed by atoms with E-state index in [1.54, 1.807) is 6.92 Å². The highest BCUT2D eigenvalue weighted by atomic mass is 16.2. The molecule has 0 aliphatic heterocycles. The Morgan fingerprint density at radius 1 is 1.40 bits per heavy atom. The van der Waals surface area contributed by atoms with Crippen molar-refractivity contribution in [3.05, 3.63) is 29.8 Å². The van der Waals surface area contributed by atoms with E-state index in [4.69, 9.17) is 11.5 Å². The van der Waals surface area contributed by atoms with E-state index in [0.717, 1.165) is 18.4 Å². The topological polar surface area (TPSA) is 101 Å². The Kier molecular flexibility index (Phi) is 4.24. The predicted octanol–water partition coefficient (Wildman–Crippen LogP) is 0.817. The molecule has 1 aliphatic carbocycles. The number of primary amides is 1. The number of rotatable bonds is 5. The van der Waals surface area contributed by atoms with Crippen LogP contribution < -0.4 is 16.8 Å². The van der Waals surface area contributed by atoms with E-state index in [1.165, 1.54) is 0 Å². The number of anilines is 1. The van der Waals surface area contributed by atoms with Crippen LogP contribution in [0.3, 0.4) is 0 Å². The summed E-state index contributed by atoms with van der Waals surface area (Å²) in [7, 11) is 0. The summed E-state index contributed by atoms with van der Waals surface area (Å²) < 4.78 is 0. The van der Waals surface area contributed by atoms with E-state index in [0.29, 0.717) is 18.3 Å². The van der Waals surface area contributed by atoms with Crippen LogP contribution in [0.4, 0.5) is 10.5 Å². The first kappa shape index (κ1) is 14.3. The fraction of sp³-hybridized carbons (Fsp3) is 0.429. The van der Waals surface area contributed by atoms with Gasteiger partial charge in [-0.15, -0.1) is 0 Å². The lowest BCUT2D eigenvalue weighted by molar-refractivity contribution is -0.125. The van der Waals surface area contributed by atoms with Gasteiger partial charge in [0, 0.05) is 18.3 Å². The number of carbonyl (C=O) groups is 2. The van der Waals surface area contributed by atoms with Gasteiger partial charge in [0.25, 0.3) is 0 Å². The first-order valence-corrected chi connectivity index (χ1v) is 6.68. The molecular formula is C14H20N4O2. The smallest absolute Gasteiger partial charge is 0.318 e. The second-order valence-corrected chi connectivity index (χ2v) is 5.13. The first-order valence-electron chi connectivity index (χ1n) is 6.68. The van der Waals surface area contributed by atoms with Gasteiger partial charge in [0.15, 0.2) is 0 Å². The van der Waals surface area contributed by atoms with Gasteiger partial charge in [-0.3, -0.25) is 15.0 Å². The van der Waals surface area contributed by atoms with E-state index >= 15 is 0 Å². The summed E-state index contributed by atoms with van der Waals surface area (Å²) in [6, 6.07) is 6.71. The summed E-state index contributed by atoms with van der Waals surface area (Å²) in [5.41, 5.74) is 12.6. The number of hydrogen-bond acceptors (Lipinski definition) is 4. The SMILES string of the molecule is CC(C(=O)NC(N)=O)N(Cc1ccccc1N)C1CC1. The molecule has 6 heteroatoms. The van der Waals surface area contributed by atoms with Crippen molar-refractivity contribution in [2.75, 3.05) is 5.73 Å². The molecular weight excluding hydrogens is 256 g/mol. The molecule has 5 N–H and O–H groups in total. The van der Waals surface area contributed by atoms with Gasteiger partial charge in [0.05, 0.1) is 6.04 Å². The molecule has 1 aromatic rings. The van der Waals surface area contributed by atoms with Crippen LogP contribution in [0.1, 0.15) is 25.3 Å². The molecule has 1 aromatic carbocycles. The summed E-state index contributed by atoms with van der Waals surface area (Å²) in [4.78, 5) is 24.8. The second kappa shape index (κ2) is 5.92. The van der Waals surface area contributed by atoms with Crippen LogP contribution >= 0.6 is 0 Å². The number of nitrogens with one attached hydrogen (secondary N) is 1. The van der Waals surface area contributed by atoms with Crippen molar-refractivity contribution in [1.82, 2.24) is 10.2 Å². The third-order valence-corrected chi connectivity index (χ3v) is 3.55. The molecule has 0 aromatic heterocycles. The zero-order chi connectivity index (χ0) is 14.7. The van der Waals surface area contributed by atoms with Gasteiger partial charge in [0.1, 0.15) is 0 Å².